The molecule has 148 valence electrons. The molecule has 0 saturated carbocycles. The Hall–Kier alpha value is -2.18. The third-order valence-electron chi connectivity index (χ3n) is 5.74. The lowest BCUT2D eigenvalue weighted by Crippen LogP contribution is -2.32. The van der Waals surface area contributed by atoms with E-state index in [0.717, 1.165) is 44.1 Å². The van der Waals surface area contributed by atoms with Crippen LogP contribution in [-0.4, -0.2) is 31.7 Å². The van der Waals surface area contributed by atoms with E-state index in [1.54, 1.807) is 22.5 Å². The maximum absolute atomic E-state index is 13.0. The Morgan fingerprint density at radius 3 is 2.50 bits per heavy atom. The summed E-state index contributed by atoms with van der Waals surface area (Å²) in [6.07, 6.45) is 5.73. The summed E-state index contributed by atoms with van der Waals surface area (Å²) in [5.41, 5.74) is 2.81. The molecule has 1 unspecified atom stereocenters. The maximum atomic E-state index is 13.0. The van der Waals surface area contributed by atoms with Crippen LogP contribution in [0.1, 0.15) is 59.6 Å². The fraction of sp³-hybridized carbons (Fsp3) is 0.409. The Morgan fingerprint density at radius 1 is 0.964 bits per heavy atom. The van der Waals surface area contributed by atoms with Gasteiger partial charge in [-0.05, 0) is 55.0 Å². The fourth-order valence-corrected chi connectivity index (χ4v) is 5.74. The van der Waals surface area contributed by atoms with Crippen molar-refractivity contribution in [2.24, 2.45) is 0 Å². The largest absolute Gasteiger partial charge is 0.345 e. The van der Waals surface area contributed by atoms with E-state index in [4.69, 9.17) is 0 Å². The van der Waals surface area contributed by atoms with Crippen LogP contribution in [0.4, 0.5) is 0 Å². The maximum Gasteiger partial charge on any atom is 0.251 e. The molecule has 1 saturated heterocycles. The van der Waals surface area contributed by atoms with Gasteiger partial charge in [0.1, 0.15) is 0 Å². The molecule has 0 spiro atoms. The quantitative estimate of drug-likeness (QED) is 0.855. The molecule has 0 aromatic heterocycles. The van der Waals surface area contributed by atoms with E-state index in [1.165, 1.54) is 11.6 Å². The Morgan fingerprint density at radius 2 is 1.71 bits per heavy atom. The third-order valence-corrected chi connectivity index (χ3v) is 7.63. The van der Waals surface area contributed by atoms with Crippen molar-refractivity contribution >= 4 is 15.9 Å². The lowest BCUT2D eigenvalue weighted by molar-refractivity contribution is 0.0936. The topological polar surface area (TPSA) is 66.5 Å². The zero-order valence-electron chi connectivity index (χ0n) is 15.9. The Kier molecular flexibility index (Phi) is 5.51. The third kappa shape index (κ3) is 3.84. The van der Waals surface area contributed by atoms with Gasteiger partial charge in [0.05, 0.1) is 10.9 Å². The highest BCUT2D eigenvalue weighted by atomic mass is 32.2. The first-order valence-corrected chi connectivity index (χ1v) is 11.5. The zero-order chi connectivity index (χ0) is 19.6. The number of rotatable bonds is 4. The highest BCUT2D eigenvalue weighted by Crippen LogP contribution is 2.31. The van der Waals surface area contributed by atoms with E-state index in [2.05, 4.69) is 11.4 Å². The van der Waals surface area contributed by atoms with Crippen molar-refractivity contribution in [3.05, 3.63) is 65.2 Å². The number of hydrogen-bond donors (Lipinski definition) is 1. The summed E-state index contributed by atoms with van der Waals surface area (Å²) in [5, 5.41) is 3.07. The highest BCUT2D eigenvalue weighted by molar-refractivity contribution is 7.89. The average molecular weight is 399 g/mol. The van der Waals surface area contributed by atoms with E-state index in [0.29, 0.717) is 18.7 Å². The van der Waals surface area contributed by atoms with E-state index >= 15 is 0 Å². The molecule has 1 N–H and O–H groups in total. The molecule has 1 fully saturated rings. The molecule has 28 heavy (non-hydrogen) atoms. The van der Waals surface area contributed by atoms with Gasteiger partial charge >= 0.3 is 0 Å². The Labute approximate surface area is 166 Å². The van der Waals surface area contributed by atoms with Gasteiger partial charge in [-0.15, -0.1) is 0 Å². The summed E-state index contributed by atoms with van der Waals surface area (Å²) >= 11 is 0. The number of carbonyl (C=O) groups is 1. The van der Waals surface area contributed by atoms with Gasteiger partial charge in [0.15, 0.2) is 0 Å². The molecule has 2 aliphatic rings. The first-order valence-electron chi connectivity index (χ1n) is 10.0. The van der Waals surface area contributed by atoms with Gasteiger partial charge in [0.25, 0.3) is 5.91 Å². The number of hydrogen-bond acceptors (Lipinski definition) is 3. The second kappa shape index (κ2) is 8.05. The van der Waals surface area contributed by atoms with Gasteiger partial charge in [-0.1, -0.05) is 43.2 Å². The number of aryl methyl sites for hydroxylation is 1. The number of sulfonamides is 1. The normalized spacial score (nSPS) is 20.4. The van der Waals surface area contributed by atoms with Crippen LogP contribution in [0.25, 0.3) is 0 Å². The van der Waals surface area contributed by atoms with Crippen LogP contribution in [-0.2, 0) is 16.4 Å². The minimum absolute atomic E-state index is 0.0189. The van der Waals surface area contributed by atoms with Crippen LogP contribution in [0, 0.1) is 0 Å². The summed E-state index contributed by atoms with van der Waals surface area (Å²) < 4.78 is 27.6. The average Bonchev–Trinajstić information content (AvgIpc) is 2.92. The van der Waals surface area contributed by atoms with E-state index in [1.807, 2.05) is 18.2 Å². The van der Waals surface area contributed by atoms with Crippen molar-refractivity contribution in [3.63, 3.8) is 0 Å². The second-order valence-electron chi connectivity index (χ2n) is 7.61. The first kappa shape index (κ1) is 19.2. The number of nitrogens with zero attached hydrogens (tertiary/aromatic N) is 1. The van der Waals surface area contributed by atoms with Crippen molar-refractivity contribution in [1.29, 1.82) is 0 Å². The smallest absolute Gasteiger partial charge is 0.251 e. The SMILES string of the molecule is O=C(NC1CCc2ccccc21)c1cccc(S(=O)(=O)N2CCCCCC2)c1. The molecule has 0 bridgehead atoms. The molecule has 1 atom stereocenters. The Bertz CT molecular complexity index is 963. The van der Waals surface area contributed by atoms with Crippen LogP contribution < -0.4 is 5.32 Å². The summed E-state index contributed by atoms with van der Waals surface area (Å²) in [6, 6.07) is 14.5. The van der Waals surface area contributed by atoms with Crippen LogP contribution in [0.5, 0.6) is 0 Å². The second-order valence-corrected chi connectivity index (χ2v) is 9.55. The minimum atomic E-state index is -3.56. The van der Waals surface area contributed by atoms with Crippen LogP contribution in [0.15, 0.2) is 53.4 Å². The summed E-state index contributed by atoms with van der Waals surface area (Å²) in [5.74, 6) is -0.227. The van der Waals surface area contributed by atoms with Crippen molar-refractivity contribution < 1.29 is 13.2 Å². The molecule has 0 radical (unpaired) electrons. The number of benzene rings is 2. The molecular weight excluding hydrogens is 372 g/mol. The number of nitrogens with one attached hydrogen (secondary N) is 1. The molecule has 6 heteroatoms. The van der Waals surface area contributed by atoms with Gasteiger partial charge in [0, 0.05) is 18.7 Å². The van der Waals surface area contributed by atoms with E-state index in [-0.39, 0.29) is 16.8 Å². The van der Waals surface area contributed by atoms with Gasteiger partial charge in [-0.25, -0.2) is 8.42 Å². The van der Waals surface area contributed by atoms with Crippen molar-refractivity contribution in [2.75, 3.05) is 13.1 Å². The van der Waals surface area contributed by atoms with Crippen molar-refractivity contribution in [1.82, 2.24) is 9.62 Å². The van der Waals surface area contributed by atoms with Crippen LogP contribution >= 0.6 is 0 Å². The first-order chi connectivity index (χ1) is 13.6. The molecule has 1 amide bonds. The monoisotopic (exact) mass is 398 g/mol. The lowest BCUT2D eigenvalue weighted by atomic mass is 10.1. The van der Waals surface area contributed by atoms with Gasteiger partial charge in [0.2, 0.25) is 10.0 Å². The van der Waals surface area contributed by atoms with Gasteiger partial charge in [-0.2, -0.15) is 4.31 Å². The van der Waals surface area contributed by atoms with Gasteiger partial charge < -0.3 is 5.32 Å². The minimum Gasteiger partial charge on any atom is -0.345 e. The highest BCUT2D eigenvalue weighted by Gasteiger charge is 2.27. The number of amides is 1. The predicted molar refractivity (Wildman–Crippen MR) is 109 cm³/mol. The van der Waals surface area contributed by atoms with Gasteiger partial charge in [-0.3, -0.25) is 4.79 Å². The molecule has 4 rings (SSSR count). The standard InChI is InChI=1S/C22H26N2O3S/c25-22(23-21-13-12-17-8-3-4-11-20(17)21)18-9-7-10-19(16-18)28(26,27)24-14-5-1-2-6-15-24/h3-4,7-11,16,21H,1-2,5-6,12-15H2,(H,23,25). The summed E-state index contributed by atoms with van der Waals surface area (Å²) in [7, 11) is -3.56. The molecule has 5 nitrogen and oxygen atoms in total. The fourth-order valence-electron chi connectivity index (χ4n) is 4.18. The lowest BCUT2D eigenvalue weighted by Gasteiger charge is -2.20. The zero-order valence-corrected chi connectivity index (χ0v) is 16.7. The van der Waals surface area contributed by atoms with Crippen molar-refractivity contribution in [3.8, 4) is 0 Å². The summed E-state index contributed by atoms with van der Waals surface area (Å²) in [4.78, 5) is 13.0. The summed E-state index contributed by atoms with van der Waals surface area (Å²) in [6.45, 7) is 1.11. The Balaban J connectivity index is 1.53. The molecule has 2 aromatic rings. The number of fused-ring (bicyclic) bond motifs is 1. The van der Waals surface area contributed by atoms with E-state index in [9.17, 15) is 13.2 Å². The van der Waals surface area contributed by atoms with Crippen LogP contribution in [0.2, 0.25) is 0 Å². The van der Waals surface area contributed by atoms with Crippen molar-refractivity contribution in [2.45, 2.75) is 49.5 Å². The molecule has 2 aromatic carbocycles. The molecular formula is C22H26N2O3S. The predicted octanol–water partition coefficient (Wildman–Crippen LogP) is 3.67. The van der Waals surface area contributed by atoms with E-state index < -0.39 is 10.0 Å². The molecule has 1 aliphatic heterocycles. The number of carbonyl (C=O) groups excluding carboxylic acids is 1. The van der Waals surface area contributed by atoms with Crippen LogP contribution in [0.3, 0.4) is 0 Å². The molecule has 1 aliphatic carbocycles. The molecule has 1 heterocycles.